The van der Waals surface area contributed by atoms with Crippen LogP contribution in [0.4, 0.5) is 0 Å². The maximum atomic E-state index is 11.3. The number of rotatable bonds is 2. The van der Waals surface area contributed by atoms with Crippen LogP contribution in [0, 0.1) is 13.8 Å². The zero-order valence-electron chi connectivity index (χ0n) is 9.78. The molecule has 90 valence electrons. The van der Waals surface area contributed by atoms with E-state index in [-0.39, 0.29) is 24.4 Å². The number of carbonyl (C=O) groups is 2. The Morgan fingerprint density at radius 1 is 1.24 bits per heavy atom. The van der Waals surface area contributed by atoms with Crippen molar-refractivity contribution in [1.82, 2.24) is 0 Å². The second-order valence-corrected chi connectivity index (χ2v) is 4.73. The molecule has 4 nitrogen and oxygen atoms in total. The lowest BCUT2D eigenvalue weighted by Gasteiger charge is -2.37. The highest BCUT2D eigenvalue weighted by atomic mass is 16.4. The highest BCUT2D eigenvalue weighted by Gasteiger charge is 2.52. The van der Waals surface area contributed by atoms with Crippen molar-refractivity contribution in [3.63, 3.8) is 0 Å². The normalized spacial score (nSPS) is 17.6. The Morgan fingerprint density at radius 3 is 2.24 bits per heavy atom. The van der Waals surface area contributed by atoms with Crippen LogP contribution in [0.3, 0.4) is 0 Å². The number of phenols is 1. The summed E-state index contributed by atoms with van der Waals surface area (Å²) < 4.78 is 0. The summed E-state index contributed by atoms with van der Waals surface area (Å²) in [5.41, 5.74) is 0.947. The summed E-state index contributed by atoms with van der Waals surface area (Å²) in [5, 5.41) is 19.2. The number of Topliss-reactive ketones (excluding diaryl/α,β-unsaturated/α-hetero) is 1. The number of ketones is 1. The zero-order chi connectivity index (χ0) is 12.8. The van der Waals surface area contributed by atoms with Crippen LogP contribution >= 0.6 is 0 Å². The molecule has 1 aromatic rings. The topological polar surface area (TPSA) is 74.6 Å². The van der Waals surface area contributed by atoms with Gasteiger partial charge in [0.15, 0.2) is 0 Å². The first-order chi connectivity index (χ1) is 7.86. The molecule has 17 heavy (non-hydrogen) atoms. The minimum Gasteiger partial charge on any atom is -0.508 e. The Kier molecular flexibility index (Phi) is 2.45. The Morgan fingerprint density at radius 2 is 1.76 bits per heavy atom. The summed E-state index contributed by atoms with van der Waals surface area (Å²) in [7, 11) is 0. The molecule has 1 aliphatic rings. The van der Waals surface area contributed by atoms with Crippen LogP contribution in [0.1, 0.15) is 29.5 Å². The van der Waals surface area contributed by atoms with E-state index < -0.39 is 11.4 Å². The van der Waals surface area contributed by atoms with E-state index in [1.807, 2.05) is 13.8 Å². The Hall–Kier alpha value is -1.84. The average Bonchev–Trinajstić information content (AvgIpc) is 2.18. The van der Waals surface area contributed by atoms with Crippen LogP contribution in [-0.2, 0) is 15.0 Å². The molecule has 4 heteroatoms. The van der Waals surface area contributed by atoms with Crippen LogP contribution < -0.4 is 0 Å². The van der Waals surface area contributed by atoms with Crippen LogP contribution in [0.5, 0.6) is 5.75 Å². The molecule has 1 fully saturated rings. The van der Waals surface area contributed by atoms with Crippen molar-refractivity contribution >= 4 is 11.8 Å². The zero-order valence-corrected chi connectivity index (χ0v) is 9.78. The number of aliphatic carboxylic acids is 1. The monoisotopic (exact) mass is 234 g/mol. The number of carbonyl (C=O) groups excluding carboxylic acids is 1. The van der Waals surface area contributed by atoms with E-state index in [0.717, 1.165) is 11.1 Å². The minimum absolute atomic E-state index is 0.0294. The van der Waals surface area contributed by atoms with Gasteiger partial charge < -0.3 is 10.2 Å². The lowest BCUT2D eigenvalue weighted by atomic mass is 9.63. The van der Waals surface area contributed by atoms with Crippen molar-refractivity contribution in [2.75, 3.05) is 0 Å². The summed E-state index contributed by atoms with van der Waals surface area (Å²) >= 11 is 0. The van der Waals surface area contributed by atoms with E-state index in [0.29, 0.717) is 5.56 Å². The largest absolute Gasteiger partial charge is 0.508 e. The molecule has 0 radical (unpaired) electrons. The Labute approximate surface area is 98.9 Å². The third-order valence-electron chi connectivity index (χ3n) is 3.53. The summed E-state index contributed by atoms with van der Waals surface area (Å²) in [4.78, 5) is 22.4. The fourth-order valence-electron chi connectivity index (χ4n) is 2.26. The number of benzene rings is 1. The van der Waals surface area contributed by atoms with Crippen molar-refractivity contribution < 1.29 is 19.8 Å². The molecular weight excluding hydrogens is 220 g/mol. The van der Waals surface area contributed by atoms with Crippen LogP contribution in [-0.4, -0.2) is 22.0 Å². The molecule has 2 rings (SSSR count). The fourth-order valence-corrected chi connectivity index (χ4v) is 2.26. The van der Waals surface area contributed by atoms with Crippen molar-refractivity contribution in [1.29, 1.82) is 0 Å². The Bertz CT molecular complexity index is 508. The van der Waals surface area contributed by atoms with E-state index >= 15 is 0 Å². The van der Waals surface area contributed by atoms with E-state index in [4.69, 9.17) is 0 Å². The predicted molar refractivity (Wildman–Crippen MR) is 61.1 cm³/mol. The smallest absolute Gasteiger partial charge is 0.315 e. The van der Waals surface area contributed by atoms with Crippen molar-refractivity contribution in [2.45, 2.75) is 32.1 Å². The maximum absolute atomic E-state index is 11.3. The molecule has 2 N–H and O–H groups in total. The van der Waals surface area contributed by atoms with Crippen molar-refractivity contribution in [3.8, 4) is 5.75 Å². The van der Waals surface area contributed by atoms with Gasteiger partial charge in [0.2, 0.25) is 0 Å². The molecular formula is C13H14O4. The van der Waals surface area contributed by atoms with Crippen LogP contribution in [0.15, 0.2) is 12.1 Å². The molecule has 0 unspecified atom stereocenters. The van der Waals surface area contributed by atoms with Gasteiger partial charge in [0.25, 0.3) is 0 Å². The van der Waals surface area contributed by atoms with E-state index in [1.165, 1.54) is 0 Å². The number of phenolic OH excluding ortho intramolecular Hbond substituents is 1. The molecule has 1 saturated carbocycles. The van der Waals surface area contributed by atoms with Gasteiger partial charge in [-0.1, -0.05) is 6.07 Å². The number of aryl methyl sites for hydroxylation is 2. The summed E-state index contributed by atoms with van der Waals surface area (Å²) in [6.45, 7) is 3.70. The quantitative estimate of drug-likeness (QED) is 0.816. The second kappa shape index (κ2) is 3.58. The minimum atomic E-state index is -1.22. The SMILES string of the molecule is Cc1cc(O)c(C2(C(=O)O)CC(=O)C2)cc1C. The molecule has 0 aromatic heterocycles. The highest BCUT2D eigenvalue weighted by Crippen LogP contribution is 2.45. The molecule has 1 aliphatic carbocycles. The standard InChI is InChI=1S/C13H14O4/c1-7-3-10(11(15)4-8(7)2)13(12(16)17)5-9(14)6-13/h3-4,15H,5-6H2,1-2H3,(H,16,17). The average molecular weight is 234 g/mol. The van der Waals surface area contributed by atoms with Gasteiger partial charge >= 0.3 is 5.97 Å². The first kappa shape index (κ1) is 11.6. The third kappa shape index (κ3) is 1.60. The number of hydrogen-bond donors (Lipinski definition) is 2. The van der Waals surface area contributed by atoms with Gasteiger partial charge in [-0.2, -0.15) is 0 Å². The molecule has 0 heterocycles. The number of hydrogen-bond acceptors (Lipinski definition) is 3. The van der Waals surface area contributed by atoms with Gasteiger partial charge in [0, 0.05) is 18.4 Å². The molecule has 0 aliphatic heterocycles. The molecule has 0 amide bonds. The summed E-state index contributed by atoms with van der Waals surface area (Å²) in [6, 6.07) is 3.23. The van der Waals surface area contributed by atoms with Gasteiger partial charge in [-0.25, -0.2) is 0 Å². The first-order valence-electron chi connectivity index (χ1n) is 5.42. The van der Waals surface area contributed by atoms with Crippen molar-refractivity contribution in [2.24, 2.45) is 0 Å². The first-order valence-corrected chi connectivity index (χ1v) is 5.42. The molecule has 0 saturated heterocycles. The molecule has 0 spiro atoms. The number of aromatic hydroxyl groups is 1. The van der Waals surface area contributed by atoms with Gasteiger partial charge in [-0.3, -0.25) is 9.59 Å². The summed E-state index contributed by atoms with van der Waals surface area (Å²) in [5.74, 6) is -1.16. The summed E-state index contributed by atoms with van der Waals surface area (Å²) in [6.07, 6.45) is -0.0587. The second-order valence-electron chi connectivity index (χ2n) is 4.73. The molecule has 0 bridgehead atoms. The lowest BCUT2D eigenvalue weighted by Crippen LogP contribution is -2.48. The lowest BCUT2D eigenvalue weighted by molar-refractivity contribution is -0.153. The van der Waals surface area contributed by atoms with E-state index in [9.17, 15) is 19.8 Å². The highest BCUT2D eigenvalue weighted by molar-refractivity contribution is 6.01. The van der Waals surface area contributed by atoms with E-state index in [2.05, 4.69) is 0 Å². The third-order valence-corrected chi connectivity index (χ3v) is 3.53. The Balaban J connectivity index is 2.56. The van der Waals surface area contributed by atoms with Gasteiger partial charge in [-0.15, -0.1) is 0 Å². The van der Waals surface area contributed by atoms with Crippen LogP contribution in [0.2, 0.25) is 0 Å². The fraction of sp³-hybridized carbons (Fsp3) is 0.385. The number of carboxylic acids is 1. The predicted octanol–water partition coefficient (Wildman–Crippen LogP) is 1.69. The van der Waals surface area contributed by atoms with Crippen LogP contribution in [0.25, 0.3) is 0 Å². The van der Waals surface area contributed by atoms with Gasteiger partial charge in [0.05, 0.1) is 0 Å². The molecule has 0 atom stereocenters. The van der Waals surface area contributed by atoms with E-state index in [1.54, 1.807) is 12.1 Å². The van der Waals surface area contributed by atoms with Gasteiger partial charge in [0.1, 0.15) is 16.9 Å². The van der Waals surface area contributed by atoms with Gasteiger partial charge in [-0.05, 0) is 31.0 Å². The number of carboxylic acid groups (broad SMARTS) is 1. The maximum Gasteiger partial charge on any atom is 0.315 e. The molecule has 1 aromatic carbocycles. The van der Waals surface area contributed by atoms with Crippen molar-refractivity contribution in [3.05, 3.63) is 28.8 Å².